The van der Waals surface area contributed by atoms with E-state index in [1.807, 2.05) is 0 Å². The van der Waals surface area contributed by atoms with Crippen molar-refractivity contribution in [3.63, 3.8) is 0 Å². The lowest BCUT2D eigenvalue weighted by Gasteiger charge is -2.21. The smallest absolute Gasteiger partial charge is 0.310 e. The molecule has 0 bridgehead atoms. The molecule has 0 amide bonds. The number of hydrogen-bond donors (Lipinski definition) is 1. The summed E-state index contributed by atoms with van der Waals surface area (Å²) in [6.45, 7) is 4.66. The summed E-state index contributed by atoms with van der Waals surface area (Å²) in [7, 11) is 0. The van der Waals surface area contributed by atoms with Crippen molar-refractivity contribution in [2.24, 2.45) is 5.92 Å². The topological polar surface area (TPSA) is 38.3 Å². The van der Waals surface area contributed by atoms with Gasteiger partial charge in [0.05, 0.1) is 12.5 Å². The SMILES string of the molecule is CCCCCCCOC(=O)[C@@H]1CCCNC1. The van der Waals surface area contributed by atoms with Crippen molar-refractivity contribution >= 4 is 5.97 Å². The maximum atomic E-state index is 11.6. The molecule has 1 saturated heterocycles. The predicted octanol–water partition coefficient (Wildman–Crippen LogP) is 2.50. The number of carbonyl (C=O) groups is 1. The van der Waals surface area contributed by atoms with Gasteiger partial charge in [0.25, 0.3) is 0 Å². The number of esters is 1. The Bertz CT molecular complexity index is 188. The Morgan fingerprint density at radius 3 is 2.81 bits per heavy atom. The first-order valence-corrected chi connectivity index (χ1v) is 6.72. The molecule has 3 heteroatoms. The molecule has 0 aromatic rings. The summed E-state index contributed by atoms with van der Waals surface area (Å²) in [4.78, 5) is 11.6. The Hall–Kier alpha value is -0.570. The average Bonchev–Trinajstić information content (AvgIpc) is 2.34. The maximum absolute atomic E-state index is 11.6. The number of carbonyl (C=O) groups excluding carboxylic acids is 1. The van der Waals surface area contributed by atoms with Crippen molar-refractivity contribution in [2.75, 3.05) is 19.7 Å². The number of nitrogens with one attached hydrogen (secondary N) is 1. The highest BCUT2D eigenvalue weighted by atomic mass is 16.5. The van der Waals surface area contributed by atoms with Crippen LogP contribution in [0.2, 0.25) is 0 Å². The summed E-state index contributed by atoms with van der Waals surface area (Å²) in [6, 6.07) is 0. The van der Waals surface area contributed by atoms with Crippen molar-refractivity contribution < 1.29 is 9.53 Å². The first-order chi connectivity index (χ1) is 7.84. The van der Waals surface area contributed by atoms with Gasteiger partial charge in [0, 0.05) is 6.54 Å². The minimum atomic E-state index is 0.00249. The molecule has 1 heterocycles. The number of unbranched alkanes of at least 4 members (excludes halogenated alkanes) is 4. The molecule has 1 aliphatic heterocycles. The lowest BCUT2D eigenvalue weighted by Crippen LogP contribution is -2.35. The lowest BCUT2D eigenvalue weighted by molar-refractivity contribution is -0.149. The summed E-state index contributed by atoms with van der Waals surface area (Å²) < 4.78 is 5.28. The molecule has 0 saturated carbocycles. The van der Waals surface area contributed by atoms with Crippen molar-refractivity contribution in [3.05, 3.63) is 0 Å². The summed E-state index contributed by atoms with van der Waals surface area (Å²) in [5.41, 5.74) is 0. The second kappa shape index (κ2) is 8.57. The monoisotopic (exact) mass is 227 g/mol. The molecule has 0 unspecified atom stereocenters. The standard InChI is InChI=1S/C13H25NO2/c1-2-3-4-5-6-10-16-13(15)12-8-7-9-14-11-12/h12,14H,2-11H2,1H3/t12-/m1/s1. The number of ether oxygens (including phenoxy) is 1. The van der Waals surface area contributed by atoms with Crippen LogP contribution in [0, 0.1) is 5.92 Å². The van der Waals surface area contributed by atoms with Crippen LogP contribution < -0.4 is 5.32 Å². The van der Waals surface area contributed by atoms with Crippen LogP contribution in [0.1, 0.15) is 51.9 Å². The molecule has 16 heavy (non-hydrogen) atoms. The van der Waals surface area contributed by atoms with Crippen molar-refractivity contribution in [2.45, 2.75) is 51.9 Å². The van der Waals surface area contributed by atoms with Crippen LogP contribution in [-0.4, -0.2) is 25.7 Å². The number of hydrogen-bond acceptors (Lipinski definition) is 3. The van der Waals surface area contributed by atoms with Crippen molar-refractivity contribution in [1.82, 2.24) is 5.32 Å². The van der Waals surface area contributed by atoms with E-state index >= 15 is 0 Å². The first-order valence-electron chi connectivity index (χ1n) is 6.72. The fourth-order valence-electron chi connectivity index (χ4n) is 2.05. The van der Waals surface area contributed by atoms with Gasteiger partial charge in [-0.1, -0.05) is 32.6 Å². The second-order valence-electron chi connectivity index (χ2n) is 4.62. The van der Waals surface area contributed by atoms with Crippen molar-refractivity contribution in [1.29, 1.82) is 0 Å². The minimum absolute atomic E-state index is 0.00249. The van der Waals surface area contributed by atoms with E-state index in [9.17, 15) is 4.79 Å². The molecule has 3 nitrogen and oxygen atoms in total. The van der Waals surface area contributed by atoms with Crippen LogP contribution in [0.4, 0.5) is 0 Å². The molecular weight excluding hydrogens is 202 g/mol. The van der Waals surface area contributed by atoms with Gasteiger partial charge in [0.2, 0.25) is 0 Å². The molecule has 1 atom stereocenters. The van der Waals surface area contributed by atoms with Gasteiger partial charge >= 0.3 is 5.97 Å². The number of piperidine rings is 1. The Morgan fingerprint density at radius 2 is 2.12 bits per heavy atom. The van der Waals surface area contributed by atoms with Crippen LogP contribution in [0.5, 0.6) is 0 Å². The van der Waals surface area contributed by atoms with Crippen LogP contribution in [0.15, 0.2) is 0 Å². The largest absolute Gasteiger partial charge is 0.465 e. The van der Waals surface area contributed by atoms with Gasteiger partial charge in [-0.05, 0) is 25.8 Å². The Balaban J connectivity index is 1.97. The molecule has 1 aliphatic rings. The highest BCUT2D eigenvalue weighted by Crippen LogP contribution is 2.12. The van der Waals surface area contributed by atoms with Gasteiger partial charge in [0.1, 0.15) is 0 Å². The third-order valence-corrected chi connectivity index (χ3v) is 3.12. The fourth-order valence-corrected chi connectivity index (χ4v) is 2.05. The van der Waals surface area contributed by atoms with E-state index in [-0.39, 0.29) is 11.9 Å². The van der Waals surface area contributed by atoms with Gasteiger partial charge in [-0.3, -0.25) is 4.79 Å². The average molecular weight is 227 g/mol. The summed E-state index contributed by atoms with van der Waals surface area (Å²) in [5.74, 6) is 0.104. The molecular formula is C13H25NO2. The van der Waals surface area contributed by atoms with E-state index in [4.69, 9.17) is 4.74 Å². The van der Waals surface area contributed by atoms with Crippen LogP contribution in [0.3, 0.4) is 0 Å². The van der Waals surface area contributed by atoms with Crippen LogP contribution in [-0.2, 0) is 9.53 Å². The Morgan fingerprint density at radius 1 is 1.31 bits per heavy atom. The molecule has 94 valence electrons. The van der Waals surface area contributed by atoms with E-state index in [1.165, 1.54) is 25.7 Å². The molecule has 0 aromatic carbocycles. The quantitative estimate of drug-likeness (QED) is 0.536. The van der Waals surface area contributed by atoms with E-state index in [2.05, 4.69) is 12.2 Å². The summed E-state index contributed by atoms with van der Waals surface area (Å²) in [5, 5.41) is 3.23. The molecule has 0 aliphatic carbocycles. The van der Waals surface area contributed by atoms with E-state index in [0.29, 0.717) is 6.61 Å². The molecule has 1 rings (SSSR count). The highest BCUT2D eigenvalue weighted by Gasteiger charge is 2.21. The third-order valence-electron chi connectivity index (χ3n) is 3.12. The highest BCUT2D eigenvalue weighted by molar-refractivity contribution is 5.72. The second-order valence-corrected chi connectivity index (χ2v) is 4.62. The normalized spacial score (nSPS) is 20.7. The number of rotatable bonds is 7. The first kappa shape index (κ1) is 13.5. The summed E-state index contributed by atoms with van der Waals surface area (Å²) >= 11 is 0. The van der Waals surface area contributed by atoms with Gasteiger partial charge in [-0.15, -0.1) is 0 Å². The van der Waals surface area contributed by atoms with Gasteiger partial charge in [0.15, 0.2) is 0 Å². The lowest BCUT2D eigenvalue weighted by atomic mass is 10.0. The van der Waals surface area contributed by atoms with E-state index in [0.717, 1.165) is 32.4 Å². The molecule has 1 fully saturated rings. The molecule has 1 N–H and O–H groups in total. The molecule has 0 spiro atoms. The van der Waals surface area contributed by atoms with Gasteiger partial charge < -0.3 is 10.1 Å². The van der Waals surface area contributed by atoms with Gasteiger partial charge in [-0.2, -0.15) is 0 Å². The van der Waals surface area contributed by atoms with E-state index < -0.39 is 0 Å². The Labute approximate surface area is 98.9 Å². The van der Waals surface area contributed by atoms with Gasteiger partial charge in [-0.25, -0.2) is 0 Å². The third kappa shape index (κ3) is 5.50. The molecule has 0 radical (unpaired) electrons. The van der Waals surface area contributed by atoms with Crippen LogP contribution >= 0.6 is 0 Å². The Kier molecular flexibility index (Phi) is 7.23. The zero-order valence-electron chi connectivity index (χ0n) is 10.5. The zero-order valence-corrected chi connectivity index (χ0v) is 10.5. The molecule has 0 aromatic heterocycles. The van der Waals surface area contributed by atoms with E-state index in [1.54, 1.807) is 0 Å². The predicted molar refractivity (Wildman–Crippen MR) is 65.3 cm³/mol. The van der Waals surface area contributed by atoms with Crippen LogP contribution in [0.25, 0.3) is 0 Å². The van der Waals surface area contributed by atoms with Crippen molar-refractivity contribution in [3.8, 4) is 0 Å². The summed E-state index contributed by atoms with van der Waals surface area (Å²) in [6.07, 6.45) is 8.10. The fraction of sp³-hybridized carbons (Fsp3) is 0.923. The zero-order chi connectivity index (χ0) is 11.6. The minimum Gasteiger partial charge on any atom is -0.465 e. The maximum Gasteiger partial charge on any atom is 0.310 e.